The van der Waals surface area contributed by atoms with E-state index in [1.807, 2.05) is 47.7 Å². The number of aromatic nitrogens is 4. The van der Waals surface area contributed by atoms with Gasteiger partial charge >= 0.3 is 0 Å². The second-order valence-electron chi connectivity index (χ2n) is 15.3. The van der Waals surface area contributed by atoms with Gasteiger partial charge in [-0.3, -0.25) is 0 Å². The van der Waals surface area contributed by atoms with Gasteiger partial charge in [-0.2, -0.15) is 0 Å². The highest BCUT2D eigenvalue weighted by atomic mass is 32.1. The summed E-state index contributed by atoms with van der Waals surface area (Å²) in [5.74, 6) is 1.98. The molecule has 3 heterocycles. The molecule has 0 spiro atoms. The highest BCUT2D eigenvalue weighted by molar-refractivity contribution is 7.26. The zero-order chi connectivity index (χ0) is 38.4. The van der Waals surface area contributed by atoms with Gasteiger partial charge in [-0.15, -0.1) is 11.3 Å². The average Bonchev–Trinajstić information content (AvgIpc) is 3.93. The van der Waals surface area contributed by atoms with E-state index in [-0.39, 0.29) is 5.41 Å². The van der Waals surface area contributed by atoms with E-state index in [1.165, 1.54) is 64.4 Å². The van der Waals surface area contributed by atoms with Crippen LogP contribution in [0.3, 0.4) is 0 Å². The van der Waals surface area contributed by atoms with Gasteiger partial charge in [-0.05, 0) is 71.1 Å². The molecule has 12 rings (SSSR count). The van der Waals surface area contributed by atoms with E-state index < -0.39 is 0 Å². The van der Waals surface area contributed by atoms with Crippen LogP contribution < -0.4 is 0 Å². The molecule has 0 fully saturated rings. The fourth-order valence-electron chi connectivity index (χ4n) is 9.47. The Morgan fingerprint density at radius 1 is 0.448 bits per heavy atom. The third-order valence-corrected chi connectivity index (χ3v) is 13.3. The predicted octanol–water partition coefficient (Wildman–Crippen LogP) is 13.7. The number of fused-ring (bicyclic) bond motifs is 10. The van der Waals surface area contributed by atoms with Crippen molar-refractivity contribution in [3.8, 4) is 51.0 Å². The van der Waals surface area contributed by atoms with Crippen LogP contribution in [-0.2, 0) is 5.41 Å². The van der Waals surface area contributed by atoms with Gasteiger partial charge < -0.3 is 4.57 Å². The molecule has 1 aliphatic rings. The van der Waals surface area contributed by atoms with Crippen LogP contribution in [-0.4, -0.2) is 19.5 Å². The molecular weight excluding hydrogens is 725 g/mol. The second kappa shape index (κ2) is 12.7. The fourth-order valence-corrected chi connectivity index (χ4v) is 10.6. The SMILES string of the molecule is CC1(c2ccccc2)c2ccccc2-c2c1ccc1c2c2ccccc2n1-c1ccc2sc3cccc(-c4nc(-c5ccccc5)nc(-c5ccccc5)n4)c3c2c1. The van der Waals surface area contributed by atoms with Gasteiger partial charge in [0.25, 0.3) is 0 Å². The summed E-state index contributed by atoms with van der Waals surface area (Å²) in [6, 6.07) is 67.4. The largest absolute Gasteiger partial charge is 0.309 e. The third kappa shape index (κ3) is 4.77. The molecule has 5 heteroatoms. The summed E-state index contributed by atoms with van der Waals surface area (Å²) in [6.45, 7) is 2.39. The lowest BCUT2D eigenvalue weighted by Gasteiger charge is -2.28. The number of benzene rings is 8. The molecule has 58 heavy (non-hydrogen) atoms. The lowest BCUT2D eigenvalue weighted by molar-refractivity contribution is 0.714. The van der Waals surface area contributed by atoms with Crippen LogP contribution in [0.1, 0.15) is 23.6 Å². The van der Waals surface area contributed by atoms with E-state index >= 15 is 0 Å². The molecule has 1 unspecified atom stereocenters. The van der Waals surface area contributed by atoms with Gasteiger partial charge in [0.05, 0.1) is 11.0 Å². The molecule has 0 saturated carbocycles. The number of hydrogen-bond donors (Lipinski definition) is 0. The highest BCUT2D eigenvalue weighted by Gasteiger charge is 2.42. The second-order valence-corrected chi connectivity index (χ2v) is 16.4. The van der Waals surface area contributed by atoms with Gasteiger partial charge in [0.1, 0.15) is 0 Å². The molecular formula is C53H34N4S. The quantitative estimate of drug-likeness (QED) is 0.176. The van der Waals surface area contributed by atoms with Crippen LogP contribution in [0.5, 0.6) is 0 Å². The van der Waals surface area contributed by atoms with E-state index in [2.05, 4.69) is 163 Å². The normalized spacial score (nSPS) is 14.7. The Morgan fingerprint density at radius 2 is 1.09 bits per heavy atom. The van der Waals surface area contributed by atoms with E-state index in [0.717, 1.165) is 27.8 Å². The van der Waals surface area contributed by atoms with Gasteiger partial charge in [-0.25, -0.2) is 15.0 Å². The Bertz CT molecular complexity index is 3350. The molecule has 1 atom stereocenters. The van der Waals surface area contributed by atoms with E-state index in [1.54, 1.807) is 0 Å². The predicted molar refractivity (Wildman–Crippen MR) is 241 cm³/mol. The van der Waals surface area contributed by atoms with Crippen molar-refractivity contribution in [1.82, 2.24) is 19.5 Å². The van der Waals surface area contributed by atoms with Crippen LogP contribution >= 0.6 is 11.3 Å². The average molecular weight is 759 g/mol. The molecule has 0 saturated heterocycles. The Kier molecular flexibility index (Phi) is 7.19. The molecule has 11 aromatic rings. The maximum Gasteiger partial charge on any atom is 0.164 e. The lowest BCUT2D eigenvalue weighted by Crippen LogP contribution is -2.22. The first kappa shape index (κ1) is 33.0. The van der Waals surface area contributed by atoms with E-state index in [9.17, 15) is 0 Å². The maximum atomic E-state index is 5.15. The first-order chi connectivity index (χ1) is 28.6. The minimum atomic E-state index is -0.273. The standard InChI is InChI=1S/C53H34N4S/c1-53(35-20-9-4-10-21-35)41-25-13-11-22-37(41)48-42(53)29-30-44-49(48)38-23-12-14-26-43(38)57(44)36-28-31-45-40(32-36)47-39(24-15-27-46(47)58-45)52-55-50(33-16-5-2-6-17-33)54-51(56-52)34-18-7-3-8-19-34/h2-32H,1H3. The Labute approximate surface area is 339 Å². The molecule has 3 aromatic heterocycles. The van der Waals surface area contributed by atoms with Crippen LogP contribution in [0.2, 0.25) is 0 Å². The smallest absolute Gasteiger partial charge is 0.164 e. The van der Waals surface area contributed by atoms with Crippen molar-refractivity contribution < 1.29 is 0 Å². The van der Waals surface area contributed by atoms with Crippen molar-refractivity contribution in [3.63, 3.8) is 0 Å². The summed E-state index contributed by atoms with van der Waals surface area (Å²) in [7, 11) is 0. The molecule has 4 nitrogen and oxygen atoms in total. The fraction of sp³-hybridized carbons (Fsp3) is 0.0377. The summed E-state index contributed by atoms with van der Waals surface area (Å²) in [6.07, 6.45) is 0. The maximum absolute atomic E-state index is 5.15. The lowest BCUT2D eigenvalue weighted by atomic mass is 9.74. The van der Waals surface area contributed by atoms with Crippen molar-refractivity contribution in [2.75, 3.05) is 0 Å². The van der Waals surface area contributed by atoms with Crippen molar-refractivity contribution in [2.45, 2.75) is 12.3 Å². The Balaban J connectivity index is 1.10. The zero-order valence-corrected chi connectivity index (χ0v) is 32.4. The molecule has 1 aliphatic carbocycles. The van der Waals surface area contributed by atoms with Gasteiger partial charge in [0.15, 0.2) is 17.5 Å². The minimum Gasteiger partial charge on any atom is -0.309 e. The van der Waals surface area contributed by atoms with E-state index in [4.69, 9.17) is 15.0 Å². The Hall–Kier alpha value is -7.21. The first-order valence-corrected chi connectivity index (χ1v) is 20.5. The molecule has 0 radical (unpaired) electrons. The number of thiophene rings is 1. The van der Waals surface area contributed by atoms with Crippen molar-refractivity contribution in [1.29, 1.82) is 0 Å². The number of para-hydroxylation sites is 1. The summed E-state index contributed by atoms with van der Waals surface area (Å²) < 4.78 is 4.88. The van der Waals surface area contributed by atoms with Crippen LogP contribution in [0, 0.1) is 0 Å². The van der Waals surface area contributed by atoms with Gasteiger partial charge in [0.2, 0.25) is 0 Å². The molecule has 0 bridgehead atoms. The highest BCUT2D eigenvalue weighted by Crippen LogP contribution is 2.56. The van der Waals surface area contributed by atoms with Crippen molar-refractivity contribution >= 4 is 53.3 Å². The van der Waals surface area contributed by atoms with Gasteiger partial charge in [0, 0.05) is 58.7 Å². The van der Waals surface area contributed by atoms with Gasteiger partial charge in [-0.1, -0.05) is 152 Å². The number of rotatable bonds is 5. The topological polar surface area (TPSA) is 43.6 Å². The zero-order valence-electron chi connectivity index (χ0n) is 31.6. The molecule has 0 amide bonds. The summed E-state index contributed by atoms with van der Waals surface area (Å²) in [5, 5.41) is 4.89. The molecule has 0 N–H and O–H groups in total. The summed E-state index contributed by atoms with van der Waals surface area (Å²) in [4.78, 5) is 15.3. The van der Waals surface area contributed by atoms with Crippen molar-refractivity contribution in [2.24, 2.45) is 0 Å². The number of hydrogen-bond acceptors (Lipinski definition) is 4. The monoisotopic (exact) mass is 758 g/mol. The molecule has 272 valence electrons. The first-order valence-electron chi connectivity index (χ1n) is 19.7. The van der Waals surface area contributed by atoms with Crippen LogP contribution in [0.25, 0.3) is 93.0 Å². The van der Waals surface area contributed by atoms with Crippen LogP contribution in [0.4, 0.5) is 0 Å². The van der Waals surface area contributed by atoms with E-state index in [0.29, 0.717) is 17.5 Å². The summed E-state index contributed by atoms with van der Waals surface area (Å²) >= 11 is 1.81. The van der Waals surface area contributed by atoms with Crippen molar-refractivity contribution in [3.05, 3.63) is 205 Å². The summed E-state index contributed by atoms with van der Waals surface area (Å²) in [5.41, 5.74) is 12.8. The minimum absolute atomic E-state index is 0.273. The molecule has 8 aromatic carbocycles. The van der Waals surface area contributed by atoms with Crippen LogP contribution in [0.15, 0.2) is 188 Å². The number of nitrogens with zero attached hydrogens (tertiary/aromatic N) is 4. The third-order valence-electron chi connectivity index (χ3n) is 12.1. The Morgan fingerprint density at radius 3 is 1.84 bits per heavy atom. The molecule has 0 aliphatic heterocycles.